The standard InChI is InChI=1S/C21H28N4O3/c1-3-19-22-11-13-25(19)16-8-7-12-24(15-16)20(26)14-23-21(27)17-9-5-6-10-18(17)28-4-2/h5-6,9-11,13,16H,3-4,7-8,12,14-15H2,1-2H3,(H,23,27). The molecule has 2 heterocycles. The summed E-state index contributed by atoms with van der Waals surface area (Å²) in [6.45, 7) is 5.78. The molecule has 0 bridgehead atoms. The number of piperidine rings is 1. The van der Waals surface area contributed by atoms with Gasteiger partial charge in [0, 0.05) is 31.9 Å². The van der Waals surface area contributed by atoms with Crippen molar-refractivity contribution in [3.8, 4) is 5.75 Å². The Balaban J connectivity index is 1.58. The number of hydrogen-bond acceptors (Lipinski definition) is 4. The molecule has 1 aliphatic rings. The fraction of sp³-hybridized carbons (Fsp3) is 0.476. The minimum Gasteiger partial charge on any atom is -0.493 e. The van der Waals surface area contributed by atoms with Gasteiger partial charge in [-0.15, -0.1) is 0 Å². The van der Waals surface area contributed by atoms with Crippen molar-refractivity contribution in [1.82, 2.24) is 19.8 Å². The van der Waals surface area contributed by atoms with E-state index in [4.69, 9.17) is 4.74 Å². The maximum Gasteiger partial charge on any atom is 0.255 e. The number of imidazole rings is 1. The Labute approximate surface area is 165 Å². The van der Waals surface area contributed by atoms with Gasteiger partial charge in [0.15, 0.2) is 0 Å². The van der Waals surface area contributed by atoms with E-state index < -0.39 is 0 Å². The molecule has 0 spiro atoms. The molecule has 0 aliphatic carbocycles. The van der Waals surface area contributed by atoms with Crippen molar-refractivity contribution >= 4 is 11.8 Å². The highest BCUT2D eigenvalue weighted by atomic mass is 16.5. The van der Waals surface area contributed by atoms with E-state index in [-0.39, 0.29) is 24.4 Å². The molecule has 1 aromatic heterocycles. The van der Waals surface area contributed by atoms with Crippen molar-refractivity contribution in [2.24, 2.45) is 0 Å². The molecule has 1 aliphatic heterocycles. The van der Waals surface area contributed by atoms with Crippen LogP contribution in [0.15, 0.2) is 36.7 Å². The highest BCUT2D eigenvalue weighted by molar-refractivity contribution is 5.98. The number of ether oxygens (including phenoxy) is 1. The molecular formula is C21H28N4O3. The van der Waals surface area contributed by atoms with E-state index in [9.17, 15) is 9.59 Å². The Bertz CT molecular complexity index is 817. The van der Waals surface area contributed by atoms with Gasteiger partial charge in [0.05, 0.1) is 24.8 Å². The van der Waals surface area contributed by atoms with E-state index in [0.717, 1.165) is 31.6 Å². The number of nitrogens with one attached hydrogen (secondary N) is 1. The van der Waals surface area contributed by atoms with E-state index in [1.54, 1.807) is 18.2 Å². The fourth-order valence-corrected chi connectivity index (χ4v) is 3.66. The molecule has 2 amide bonds. The zero-order valence-electron chi connectivity index (χ0n) is 16.6. The van der Waals surface area contributed by atoms with Crippen molar-refractivity contribution < 1.29 is 14.3 Å². The van der Waals surface area contributed by atoms with Crippen molar-refractivity contribution in [2.75, 3.05) is 26.2 Å². The van der Waals surface area contributed by atoms with Gasteiger partial charge in [0.1, 0.15) is 11.6 Å². The van der Waals surface area contributed by atoms with Crippen LogP contribution in [0.1, 0.15) is 48.9 Å². The maximum atomic E-state index is 12.7. The molecule has 1 saturated heterocycles. The van der Waals surface area contributed by atoms with Gasteiger partial charge in [-0.2, -0.15) is 0 Å². The Morgan fingerprint density at radius 3 is 2.89 bits per heavy atom. The highest BCUT2D eigenvalue weighted by Crippen LogP contribution is 2.23. The van der Waals surface area contributed by atoms with E-state index in [2.05, 4.69) is 21.8 Å². The molecule has 0 radical (unpaired) electrons. The van der Waals surface area contributed by atoms with Crippen molar-refractivity contribution in [3.63, 3.8) is 0 Å². The van der Waals surface area contributed by atoms with Crippen molar-refractivity contribution in [1.29, 1.82) is 0 Å². The van der Waals surface area contributed by atoms with E-state index in [1.165, 1.54) is 0 Å². The Morgan fingerprint density at radius 1 is 1.29 bits per heavy atom. The molecule has 1 N–H and O–H groups in total. The fourth-order valence-electron chi connectivity index (χ4n) is 3.66. The van der Waals surface area contributed by atoms with Gasteiger partial charge < -0.3 is 19.5 Å². The van der Waals surface area contributed by atoms with E-state index >= 15 is 0 Å². The first-order chi connectivity index (χ1) is 13.6. The summed E-state index contributed by atoms with van der Waals surface area (Å²) in [5.74, 6) is 1.21. The van der Waals surface area contributed by atoms with Crippen LogP contribution in [-0.2, 0) is 11.2 Å². The third-order valence-electron chi connectivity index (χ3n) is 5.04. The molecule has 2 aromatic rings. The van der Waals surface area contributed by atoms with Crippen molar-refractivity contribution in [2.45, 2.75) is 39.2 Å². The number of carbonyl (C=O) groups excluding carboxylic acids is 2. The molecule has 28 heavy (non-hydrogen) atoms. The summed E-state index contributed by atoms with van der Waals surface area (Å²) >= 11 is 0. The first-order valence-electron chi connectivity index (χ1n) is 9.93. The van der Waals surface area contributed by atoms with E-state index in [1.807, 2.05) is 30.3 Å². The Kier molecular flexibility index (Phi) is 6.68. The van der Waals surface area contributed by atoms with Gasteiger partial charge in [0.2, 0.25) is 5.91 Å². The SMILES string of the molecule is CCOc1ccccc1C(=O)NCC(=O)N1CCCC(n2ccnc2CC)C1. The minimum atomic E-state index is -0.297. The van der Waals surface area contributed by atoms with Crippen LogP contribution in [0.3, 0.4) is 0 Å². The average Bonchev–Trinajstić information content (AvgIpc) is 3.21. The third kappa shape index (κ3) is 4.52. The zero-order chi connectivity index (χ0) is 19.9. The summed E-state index contributed by atoms with van der Waals surface area (Å²) in [6.07, 6.45) is 6.65. The van der Waals surface area contributed by atoms with Crippen LogP contribution in [0.5, 0.6) is 5.75 Å². The summed E-state index contributed by atoms with van der Waals surface area (Å²) in [7, 11) is 0. The quantitative estimate of drug-likeness (QED) is 0.795. The molecule has 7 nitrogen and oxygen atoms in total. The second-order valence-corrected chi connectivity index (χ2v) is 6.85. The van der Waals surface area contributed by atoms with Gasteiger partial charge in [-0.05, 0) is 31.9 Å². The maximum absolute atomic E-state index is 12.7. The molecule has 1 unspecified atom stereocenters. The summed E-state index contributed by atoms with van der Waals surface area (Å²) < 4.78 is 7.67. The topological polar surface area (TPSA) is 76.5 Å². The molecule has 150 valence electrons. The van der Waals surface area contributed by atoms with Crippen LogP contribution in [-0.4, -0.2) is 52.5 Å². The monoisotopic (exact) mass is 384 g/mol. The average molecular weight is 384 g/mol. The summed E-state index contributed by atoms with van der Waals surface area (Å²) in [4.78, 5) is 31.4. The van der Waals surface area contributed by atoms with Gasteiger partial charge in [-0.1, -0.05) is 19.1 Å². The summed E-state index contributed by atoms with van der Waals surface area (Å²) in [5.41, 5.74) is 0.444. The van der Waals surface area contributed by atoms with Crippen LogP contribution < -0.4 is 10.1 Å². The van der Waals surface area contributed by atoms with Gasteiger partial charge >= 0.3 is 0 Å². The van der Waals surface area contributed by atoms with Crippen molar-refractivity contribution in [3.05, 3.63) is 48.0 Å². The van der Waals surface area contributed by atoms with Crippen LogP contribution in [0.4, 0.5) is 0 Å². The van der Waals surface area contributed by atoms with E-state index in [0.29, 0.717) is 24.5 Å². The number of likely N-dealkylation sites (tertiary alicyclic amines) is 1. The lowest BCUT2D eigenvalue weighted by molar-refractivity contribution is -0.131. The second kappa shape index (κ2) is 9.39. The number of benzene rings is 1. The molecule has 0 saturated carbocycles. The Morgan fingerprint density at radius 2 is 2.11 bits per heavy atom. The number of aryl methyl sites for hydroxylation is 1. The molecule has 1 atom stereocenters. The van der Waals surface area contributed by atoms with Crippen LogP contribution in [0.2, 0.25) is 0 Å². The van der Waals surface area contributed by atoms with Gasteiger partial charge in [-0.25, -0.2) is 4.98 Å². The molecule has 7 heteroatoms. The van der Waals surface area contributed by atoms with Gasteiger partial charge in [0.25, 0.3) is 5.91 Å². The predicted octanol–water partition coefficient (Wildman–Crippen LogP) is 2.44. The van der Waals surface area contributed by atoms with Crippen LogP contribution >= 0.6 is 0 Å². The highest BCUT2D eigenvalue weighted by Gasteiger charge is 2.26. The van der Waals surface area contributed by atoms with Crippen LogP contribution in [0, 0.1) is 0 Å². The number of hydrogen-bond donors (Lipinski definition) is 1. The molecular weight excluding hydrogens is 356 g/mol. The minimum absolute atomic E-state index is 0.0173. The Hall–Kier alpha value is -2.83. The third-order valence-corrected chi connectivity index (χ3v) is 5.04. The second-order valence-electron chi connectivity index (χ2n) is 6.85. The number of nitrogens with zero attached hydrogens (tertiary/aromatic N) is 3. The first kappa shape index (κ1) is 19.9. The number of para-hydroxylation sites is 1. The molecule has 1 aromatic carbocycles. The van der Waals surface area contributed by atoms with Gasteiger partial charge in [-0.3, -0.25) is 9.59 Å². The molecule has 3 rings (SSSR count). The number of carbonyl (C=O) groups is 2. The largest absolute Gasteiger partial charge is 0.493 e. The number of aromatic nitrogens is 2. The lowest BCUT2D eigenvalue weighted by Gasteiger charge is -2.34. The first-order valence-corrected chi connectivity index (χ1v) is 9.93. The summed E-state index contributed by atoms with van der Waals surface area (Å²) in [5, 5.41) is 2.74. The number of rotatable bonds is 7. The lowest BCUT2D eigenvalue weighted by Crippen LogP contribution is -2.45. The lowest BCUT2D eigenvalue weighted by atomic mass is 10.1. The number of amides is 2. The zero-order valence-corrected chi connectivity index (χ0v) is 16.6. The molecule has 1 fully saturated rings. The predicted molar refractivity (Wildman–Crippen MR) is 106 cm³/mol. The normalized spacial score (nSPS) is 16.6. The van der Waals surface area contributed by atoms with Crippen LogP contribution in [0.25, 0.3) is 0 Å². The smallest absolute Gasteiger partial charge is 0.255 e. The summed E-state index contributed by atoms with van der Waals surface area (Å²) in [6, 6.07) is 7.30.